The number of phenols is 1. The number of nitrogens with one attached hydrogen (secondary N) is 1. The molecule has 0 saturated carbocycles. The minimum atomic E-state index is -0.368. The van der Waals surface area contributed by atoms with E-state index in [2.05, 4.69) is 0 Å². The van der Waals surface area contributed by atoms with E-state index in [1.54, 1.807) is 42.9 Å². The average molecular weight is 441 g/mol. The number of benzene rings is 2. The molecule has 3 N–H and O–H groups in total. The number of rotatable bonds is 11. The van der Waals surface area contributed by atoms with Gasteiger partial charge in [-0.3, -0.25) is 14.8 Å². The van der Waals surface area contributed by atoms with Gasteiger partial charge >= 0.3 is 0 Å². The molecule has 0 radical (unpaired) electrons. The second kappa shape index (κ2) is 11.2. The Morgan fingerprint density at radius 2 is 1.75 bits per heavy atom. The van der Waals surface area contributed by atoms with Crippen molar-refractivity contribution < 1.29 is 29.0 Å². The van der Waals surface area contributed by atoms with Gasteiger partial charge in [-0.05, 0) is 30.5 Å². The number of hydrogen-bond donors (Lipinski definition) is 3. The van der Waals surface area contributed by atoms with Crippen LogP contribution in [0.4, 0.5) is 0 Å². The van der Waals surface area contributed by atoms with Gasteiger partial charge in [0, 0.05) is 18.6 Å². The molecule has 8 nitrogen and oxygen atoms in total. The highest BCUT2D eigenvalue weighted by molar-refractivity contribution is 5.88. The number of hydroxylamine groups is 1. The molecule has 0 atom stereocenters. The van der Waals surface area contributed by atoms with E-state index in [4.69, 9.17) is 19.1 Å². The molecule has 1 aromatic heterocycles. The van der Waals surface area contributed by atoms with Crippen LogP contribution in [0.15, 0.2) is 51.9 Å². The van der Waals surface area contributed by atoms with Crippen LogP contribution in [-0.2, 0) is 4.79 Å². The van der Waals surface area contributed by atoms with Crippen LogP contribution in [0.3, 0.4) is 0 Å². The van der Waals surface area contributed by atoms with Gasteiger partial charge in [-0.15, -0.1) is 0 Å². The number of hydrogen-bond acceptors (Lipinski definition) is 7. The summed E-state index contributed by atoms with van der Waals surface area (Å²) in [7, 11) is 1.57. The van der Waals surface area contributed by atoms with Gasteiger partial charge in [-0.2, -0.15) is 0 Å². The van der Waals surface area contributed by atoms with Crippen molar-refractivity contribution in [3.8, 4) is 28.4 Å². The Balaban J connectivity index is 1.59. The first-order valence-electron chi connectivity index (χ1n) is 10.5. The summed E-state index contributed by atoms with van der Waals surface area (Å²) in [6.45, 7) is 0.455. The van der Waals surface area contributed by atoms with E-state index in [1.807, 2.05) is 0 Å². The van der Waals surface area contributed by atoms with Gasteiger partial charge < -0.3 is 19.0 Å². The number of carbonyl (C=O) groups excluding carboxylic acids is 1. The lowest BCUT2D eigenvalue weighted by molar-refractivity contribution is -0.129. The summed E-state index contributed by atoms with van der Waals surface area (Å²) in [5, 5.41) is 19.0. The lowest BCUT2D eigenvalue weighted by Gasteiger charge is -2.09. The van der Waals surface area contributed by atoms with Gasteiger partial charge in [-0.25, -0.2) is 5.48 Å². The fourth-order valence-electron chi connectivity index (χ4n) is 3.42. The van der Waals surface area contributed by atoms with Gasteiger partial charge in [0.15, 0.2) is 0 Å². The minimum absolute atomic E-state index is 0.109. The number of phenolic OH excluding ortho intramolecular Hbond substituents is 1. The number of amides is 1. The van der Waals surface area contributed by atoms with Crippen molar-refractivity contribution in [1.29, 1.82) is 0 Å². The van der Waals surface area contributed by atoms with Gasteiger partial charge in [-0.1, -0.05) is 31.4 Å². The molecule has 0 fully saturated rings. The Morgan fingerprint density at radius 3 is 2.47 bits per heavy atom. The van der Waals surface area contributed by atoms with Crippen LogP contribution in [-0.4, -0.2) is 29.9 Å². The molecule has 8 heteroatoms. The molecule has 3 rings (SSSR count). The molecule has 1 heterocycles. The van der Waals surface area contributed by atoms with Gasteiger partial charge in [0.05, 0.1) is 19.3 Å². The Hall–Kier alpha value is -3.52. The maximum atomic E-state index is 12.9. The SMILES string of the molecule is COc1ccc(-c2coc3cc(OCCCCCCCC(=O)NO)cc(O)c3c2=O)cc1. The molecule has 0 bridgehead atoms. The van der Waals surface area contributed by atoms with Crippen molar-refractivity contribution in [3.05, 3.63) is 52.9 Å². The molecule has 0 aliphatic heterocycles. The monoisotopic (exact) mass is 441 g/mol. The molecule has 0 saturated heterocycles. The van der Waals surface area contributed by atoms with Gasteiger partial charge in [0.1, 0.15) is 34.5 Å². The third kappa shape index (κ3) is 5.79. The number of ether oxygens (including phenoxy) is 2. The van der Waals surface area contributed by atoms with Crippen LogP contribution < -0.4 is 20.4 Å². The lowest BCUT2D eigenvalue weighted by Crippen LogP contribution is -2.17. The van der Waals surface area contributed by atoms with Crippen molar-refractivity contribution in [2.45, 2.75) is 38.5 Å². The predicted octanol–water partition coefficient (Wildman–Crippen LogP) is 4.40. The van der Waals surface area contributed by atoms with Crippen molar-refractivity contribution in [2.24, 2.45) is 0 Å². The zero-order chi connectivity index (χ0) is 22.9. The third-order valence-electron chi connectivity index (χ3n) is 5.17. The highest BCUT2D eigenvalue weighted by Crippen LogP contribution is 2.31. The van der Waals surface area contributed by atoms with Crippen LogP contribution >= 0.6 is 0 Å². The lowest BCUT2D eigenvalue weighted by atomic mass is 10.0. The fourth-order valence-corrected chi connectivity index (χ4v) is 3.42. The second-order valence-electron chi connectivity index (χ2n) is 7.42. The maximum absolute atomic E-state index is 12.9. The standard InChI is InChI=1S/C24H27NO7/c1-30-17-10-8-16(9-11-17)19-15-32-21-14-18(13-20(26)23(21)24(19)28)31-12-6-4-2-3-5-7-22(27)25-29/h8-11,13-15,26,29H,2-7,12H2,1H3,(H,25,27). The summed E-state index contributed by atoms with van der Waals surface area (Å²) in [5.74, 6) is 0.545. The smallest absolute Gasteiger partial charge is 0.243 e. The normalized spacial score (nSPS) is 10.8. The summed E-state index contributed by atoms with van der Waals surface area (Å²) in [4.78, 5) is 23.9. The van der Waals surface area contributed by atoms with E-state index in [1.165, 1.54) is 12.3 Å². The molecule has 0 aliphatic carbocycles. The van der Waals surface area contributed by atoms with Crippen LogP contribution in [0.25, 0.3) is 22.1 Å². The number of fused-ring (bicyclic) bond motifs is 1. The van der Waals surface area contributed by atoms with Crippen LogP contribution in [0, 0.1) is 0 Å². The van der Waals surface area contributed by atoms with Crippen LogP contribution in [0.5, 0.6) is 17.2 Å². The van der Waals surface area contributed by atoms with Crippen LogP contribution in [0.2, 0.25) is 0 Å². The molecule has 0 aliphatic rings. The number of aromatic hydroxyl groups is 1. The maximum Gasteiger partial charge on any atom is 0.243 e. The molecule has 32 heavy (non-hydrogen) atoms. The molecule has 170 valence electrons. The topological polar surface area (TPSA) is 118 Å². The minimum Gasteiger partial charge on any atom is -0.507 e. The zero-order valence-corrected chi connectivity index (χ0v) is 17.9. The molecular formula is C24H27NO7. The van der Waals surface area contributed by atoms with E-state index in [-0.39, 0.29) is 28.1 Å². The summed E-state index contributed by atoms with van der Waals surface area (Å²) >= 11 is 0. The average Bonchev–Trinajstić information content (AvgIpc) is 2.80. The second-order valence-corrected chi connectivity index (χ2v) is 7.42. The third-order valence-corrected chi connectivity index (χ3v) is 5.17. The largest absolute Gasteiger partial charge is 0.507 e. The van der Waals surface area contributed by atoms with Crippen molar-refractivity contribution in [1.82, 2.24) is 5.48 Å². The first-order valence-corrected chi connectivity index (χ1v) is 10.5. The van der Waals surface area contributed by atoms with Gasteiger partial charge in [0.2, 0.25) is 11.3 Å². The van der Waals surface area contributed by atoms with E-state index in [9.17, 15) is 14.7 Å². The first kappa shape index (κ1) is 23.1. The Kier molecular flexibility index (Phi) is 8.10. The predicted molar refractivity (Wildman–Crippen MR) is 119 cm³/mol. The number of carbonyl (C=O) groups is 1. The van der Waals surface area contributed by atoms with E-state index < -0.39 is 0 Å². The van der Waals surface area contributed by atoms with E-state index in [0.717, 1.165) is 32.1 Å². The van der Waals surface area contributed by atoms with Crippen molar-refractivity contribution in [2.75, 3.05) is 13.7 Å². The Bertz CT molecular complexity index is 1110. The summed E-state index contributed by atoms with van der Waals surface area (Å²) in [5.41, 5.74) is 2.56. The summed E-state index contributed by atoms with van der Waals surface area (Å²) in [6.07, 6.45) is 6.01. The van der Waals surface area contributed by atoms with Gasteiger partial charge in [0.25, 0.3) is 0 Å². The molecular weight excluding hydrogens is 414 g/mol. The first-order chi connectivity index (χ1) is 15.5. The summed E-state index contributed by atoms with van der Waals surface area (Å²) < 4.78 is 16.5. The molecule has 1 amide bonds. The fraction of sp³-hybridized carbons (Fsp3) is 0.333. The zero-order valence-electron chi connectivity index (χ0n) is 17.9. The molecule has 0 unspecified atom stereocenters. The van der Waals surface area contributed by atoms with Crippen molar-refractivity contribution in [3.63, 3.8) is 0 Å². The number of unbranched alkanes of at least 4 members (excludes halogenated alkanes) is 4. The summed E-state index contributed by atoms with van der Waals surface area (Å²) in [6, 6.07) is 10.0. The Morgan fingerprint density at radius 1 is 1.03 bits per heavy atom. The Labute approximate surface area is 185 Å². The quantitative estimate of drug-likeness (QED) is 0.229. The molecule has 0 spiro atoms. The van der Waals surface area contributed by atoms with Crippen molar-refractivity contribution >= 4 is 16.9 Å². The highest BCUT2D eigenvalue weighted by atomic mass is 16.5. The number of methoxy groups -OCH3 is 1. The molecule has 2 aromatic carbocycles. The van der Waals surface area contributed by atoms with Crippen LogP contribution in [0.1, 0.15) is 38.5 Å². The highest BCUT2D eigenvalue weighted by Gasteiger charge is 2.14. The van der Waals surface area contributed by atoms with E-state index >= 15 is 0 Å². The van der Waals surface area contributed by atoms with E-state index in [0.29, 0.717) is 35.7 Å². The molecule has 3 aromatic rings.